The molecule has 0 bridgehead atoms. The average Bonchev–Trinajstić information content (AvgIpc) is 3.04. The third-order valence-electron chi connectivity index (χ3n) is 4.99. The lowest BCUT2D eigenvalue weighted by Gasteiger charge is -2.27. The topological polar surface area (TPSA) is 49.0 Å². The molecule has 4 heteroatoms. The molecular weight excluding hydrogens is 310 g/mol. The summed E-state index contributed by atoms with van der Waals surface area (Å²) in [7, 11) is 0. The molecule has 1 aliphatic heterocycles. The van der Waals surface area contributed by atoms with Crippen LogP contribution in [0.1, 0.15) is 21.7 Å². The number of hydrogen-bond donors (Lipinski definition) is 1. The summed E-state index contributed by atoms with van der Waals surface area (Å²) < 4.78 is 0. The van der Waals surface area contributed by atoms with Crippen molar-refractivity contribution in [2.24, 2.45) is 0 Å². The predicted octanol–water partition coefficient (Wildman–Crippen LogP) is 3.91. The zero-order valence-electron chi connectivity index (χ0n) is 13.7. The Bertz CT molecular complexity index is 1110. The summed E-state index contributed by atoms with van der Waals surface area (Å²) in [5.74, 6) is -0.00457. The maximum atomic E-state index is 12.9. The molecule has 4 aromatic rings. The van der Waals surface area contributed by atoms with Crippen LogP contribution in [0.3, 0.4) is 0 Å². The van der Waals surface area contributed by atoms with Crippen molar-refractivity contribution in [1.29, 1.82) is 0 Å². The number of para-hydroxylation sites is 2. The van der Waals surface area contributed by atoms with Crippen molar-refractivity contribution >= 4 is 27.7 Å². The summed E-state index contributed by atoms with van der Waals surface area (Å²) in [5, 5.41) is 2.32. The van der Waals surface area contributed by atoms with E-state index in [1.54, 1.807) is 0 Å². The predicted molar refractivity (Wildman–Crippen MR) is 98.5 cm³/mol. The number of aromatic nitrogens is 2. The number of hydrogen-bond acceptors (Lipinski definition) is 2. The fraction of sp³-hybridized carbons (Fsp3) is 0.143. The smallest absolute Gasteiger partial charge is 0.272 e. The molecule has 0 spiro atoms. The first kappa shape index (κ1) is 14.2. The van der Waals surface area contributed by atoms with Crippen LogP contribution >= 0.6 is 0 Å². The van der Waals surface area contributed by atoms with Gasteiger partial charge < -0.3 is 9.88 Å². The van der Waals surface area contributed by atoms with Gasteiger partial charge in [0.15, 0.2) is 0 Å². The number of H-pyrrole nitrogens is 1. The van der Waals surface area contributed by atoms with E-state index in [-0.39, 0.29) is 5.91 Å². The first-order chi connectivity index (χ1) is 12.3. The molecule has 122 valence electrons. The lowest BCUT2D eigenvalue weighted by atomic mass is 10.0. The molecular formula is C21H17N3O. The van der Waals surface area contributed by atoms with Gasteiger partial charge in [-0.25, -0.2) is 4.98 Å². The highest BCUT2D eigenvalue weighted by Gasteiger charge is 2.25. The molecule has 0 unspecified atom stereocenters. The Morgan fingerprint density at radius 2 is 1.84 bits per heavy atom. The number of carbonyl (C=O) groups is 1. The number of pyridine rings is 1. The van der Waals surface area contributed by atoms with Gasteiger partial charge in [-0.1, -0.05) is 42.5 Å². The van der Waals surface area contributed by atoms with Crippen molar-refractivity contribution in [3.8, 4) is 0 Å². The van der Waals surface area contributed by atoms with Gasteiger partial charge in [0.2, 0.25) is 0 Å². The summed E-state index contributed by atoms with van der Waals surface area (Å²) in [5.41, 5.74) is 4.99. The van der Waals surface area contributed by atoms with Crippen LogP contribution < -0.4 is 0 Å². The minimum atomic E-state index is -0.00457. The Balaban J connectivity index is 1.48. The Kier molecular flexibility index (Phi) is 3.10. The standard InChI is InChI=1S/C21H17N3O/c25-21(19-10-9-14-5-1-3-7-17(14)22-19)24-12-11-16-15-6-2-4-8-18(15)23-20(16)13-24/h1-10,23H,11-13H2. The largest absolute Gasteiger partial charge is 0.357 e. The van der Waals surface area contributed by atoms with Gasteiger partial charge in [0, 0.05) is 28.5 Å². The SMILES string of the molecule is O=C(c1ccc2ccccc2n1)N1CCc2c([nH]c3ccccc23)C1. The van der Waals surface area contributed by atoms with Gasteiger partial charge >= 0.3 is 0 Å². The van der Waals surface area contributed by atoms with Crippen LogP contribution in [0.2, 0.25) is 0 Å². The van der Waals surface area contributed by atoms with E-state index in [9.17, 15) is 4.79 Å². The van der Waals surface area contributed by atoms with E-state index in [0.717, 1.165) is 35.1 Å². The number of benzene rings is 2. The zero-order valence-corrected chi connectivity index (χ0v) is 13.7. The number of carbonyl (C=O) groups excluding carboxylic acids is 1. The number of nitrogens with one attached hydrogen (secondary N) is 1. The highest BCUT2D eigenvalue weighted by molar-refractivity contribution is 5.95. The molecule has 25 heavy (non-hydrogen) atoms. The molecule has 2 aromatic carbocycles. The Labute approximate surface area is 145 Å². The van der Waals surface area contributed by atoms with Crippen LogP contribution in [0.4, 0.5) is 0 Å². The minimum absolute atomic E-state index is 0.00457. The third kappa shape index (κ3) is 2.30. The molecule has 1 amide bonds. The monoisotopic (exact) mass is 327 g/mol. The van der Waals surface area contributed by atoms with Gasteiger partial charge in [0.1, 0.15) is 5.69 Å². The van der Waals surface area contributed by atoms with E-state index in [4.69, 9.17) is 0 Å². The van der Waals surface area contributed by atoms with E-state index in [0.29, 0.717) is 12.2 Å². The molecule has 2 aromatic heterocycles. The molecule has 0 saturated heterocycles. The lowest BCUT2D eigenvalue weighted by molar-refractivity contribution is 0.0727. The normalized spacial score (nSPS) is 14.0. The van der Waals surface area contributed by atoms with E-state index in [2.05, 4.69) is 28.2 Å². The van der Waals surface area contributed by atoms with Crippen molar-refractivity contribution in [2.75, 3.05) is 6.54 Å². The van der Waals surface area contributed by atoms with Crippen LogP contribution in [-0.2, 0) is 13.0 Å². The lowest BCUT2D eigenvalue weighted by Crippen LogP contribution is -2.36. The summed E-state index contributed by atoms with van der Waals surface area (Å²) in [6.45, 7) is 1.33. The molecule has 0 atom stereocenters. The number of amides is 1. The van der Waals surface area contributed by atoms with Crippen molar-refractivity contribution < 1.29 is 4.79 Å². The average molecular weight is 327 g/mol. The Morgan fingerprint density at radius 3 is 2.80 bits per heavy atom. The molecule has 3 heterocycles. The van der Waals surface area contributed by atoms with Gasteiger partial charge in [-0.3, -0.25) is 4.79 Å². The second kappa shape index (κ2) is 5.45. The quantitative estimate of drug-likeness (QED) is 0.576. The van der Waals surface area contributed by atoms with Crippen LogP contribution in [0.25, 0.3) is 21.8 Å². The summed E-state index contributed by atoms with van der Waals surface area (Å²) in [6.07, 6.45) is 0.874. The van der Waals surface area contributed by atoms with E-state index < -0.39 is 0 Å². The molecule has 5 rings (SSSR count). The zero-order chi connectivity index (χ0) is 16.8. The fourth-order valence-electron chi connectivity index (χ4n) is 3.71. The molecule has 1 aliphatic rings. The highest BCUT2D eigenvalue weighted by Crippen LogP contribution is 2.28. The van der Waals surface area contributed by atoms with E-state index in [1.807, 2.05) is 47.4 Å². The molecule has 0 radical (unpaired) electrons. The summed E-state index contributed by atoms with van der Waals surface area (Å²) >= 11 is 0. The molecule has 0 saturated carbocycles. The first-order valence-corrected chi connectivity index (χ1v) is 8.53. The summed E-state index contributed by atoms with van der Waals surface area (Å²) in [6, 6.07) is 20.0. The Morgan fingerprint density at radius 1 is 1.00 bits per heavy atom. The maximum absolute atomic E-state index is 12.9. The van der Waals surface area contributed by atoms with Crippen LogP contribution in [0.15, 0.2) is 60.7 Å². The maximum Gasteiger partial charge on any atom is 0.272 e. The van der Waals surface area contributed by atoms with E-state index in [1.165, 1.54) is 10.9 Å². The van der Waals surface area contributed by atoms with Crippen molar-refractivity contribution in [3.63, 3.8) is 0 Å². The number of rotatable bonds is 1. The van der Waals surface area contributed by atoms with E-state index >= 15 is 0 Å². The number of nitrogens with zero attached hydrogens (tertiary/aromatic N) is 2. The molecule has 0 fully saturated rings. The second-order valence-electron chi connectivity index (χ2n) is 6.49. The van der Waals surface area contributed by atoms with Gasteiger partial charge in [-0.2, -0.15) is 0 Å². The molecule has 1 N–H and O–H groups in total. The van der Waals surface area contributed by atoms with Gasteiger partial charge in [-0.15, -0.1) is 0 Å². The van der Waals surface area contributed by atoms with Gasteiger partial charge in [-0.05, 0) is 30.2 Å². The van der Waals surface area contributed by atoms with Crippen LogP contribution in [0.5, 0.6) is 0 Å². The number of fused-ring (bicyclic) bond motifs is 4. The van der Waals surface area contributed by atoms with Crippen molar-refractivity contribution in [3.05, 3.63) is 77.6 Å². The third-order valence-corrected chi connectivity index (χ3v) is 4.99. The molecule has 4 nitrogen and oxygen atoms in total. The summed E-state index contributed by atoms with van der Waals surface area (Å²) in [4.78, 5) is 22.8. The molecule has 0 aliphatic carbocycles. The van der Waals surface area contributed by atoms with Crippen molar-refractivity contribution in [1.82, 2.24) is 14.9 Å². The second-order valence-corrected chi connectivity index (χ2v) is 6.49. The fourth-order valence-corrected chi connectivity index (χ4v) is 3.71. The van der Waals surface area contributed by atoms with Gasteiger partial charge in [0.25, 0.3) is 5.91 Å². The first-order valence-electron chi connectivity index (χ1n) is 8.53. The minimum Gasteiger partial charge on any atom is -0.357 e. The number of aromatic amines is 1. The van der Waals surface area contributed by atoms with Gasteiger partial charge in [0.05, 0.1) is 12.1 Å². The highest BCUT2D eigenvalue weighted by atomic mass is 16.2. The van der Waals surface area contributed by atoms with Crippen LogP contribution in [0, 0.1) is 0 Å². The van der Waals surface area contributed by atoms with Crippen LogP contribution in [-0.4, -0.2) is 27.3 Å². The van der Waals surface area contributed by atoms with Crippen molar-refractivity contribution in [2.45, 2.75) is 13.0 Å². The Hall–Kier alpha value is -3.14.